The van der Waals surface area contributed by atoms with Crippen LogP contribution in [0.25, 0.3) is 11.3 Å². The molecule has 1 atom stereocenters. The summed E-state index contributed by atoms with van der Waals surface area (Å²) in [7, 11) is 0. The number of nitrogens with one attached hydrogen (secondary N) is 1. The summed E-state index contributed by atoms with van der Waals surface area (Å²) in [4.78, 5) is 2.13. The molecule has 3 heterocycles. The average molecular weight is 442 g/mol. The van der Waals surface area contributed by atoms with E-state index in [0.29, 0.717) is 42.2 Å². The number of ether oxygens (including phenoxy) is 1. The molecule has 11 heteroatoms. The Balaban J connectivity index is 1.65. The second-order valence-electron chi connectivity index (χ2n) is 7.70. The Morgan fingerprint density at radius 2 is 1.97 bits per heavy atom. The molecule has 2 aromatic rings. The van der Waals surface area contributed by atoms with Gasteiger partial charge in [0.2, 0.25) is 0 Å². The number of aliphatic hydroxyl groups excluding tert-OH is 1. The maximum Gasteiger partial charge on any atom is 0.416 e. The van der Waals surface area contributed by atoms with Crippen molar-refractivity contribution in [2.24, 2.45) is 0 Å². The Labute approximate surface area is 175 Å². The summed E-state index contributed by atoms with van der Waals surface area (Å²) in [5, 5.41) is 30.8. The molecule has 0 unspecified atom stereocenters. The van der Waals surface area contributed by atoms with E-state index in [0.717, 1.165) is 19.4 Å². The number of aromatic nitrogens is 2. The Morgan fingerprint density at radius 1 is 1.19 bits per heavy atom. The van der Waals surface area contributed by atoms with Gasteiger partial charge in [-0.1, -0.05) is 0 Å². The van der Waals surface area contributed by atoms with Crippen LogP contribution in [0.2, 0.25) is 0 Å². The summed E-state index contributed by atoms with van der Waals surface area (Å²) in [6, 6.07) is 0.885. The summed E-state index contributed by atoms with van der Waals surface area (Å²) < 4.78 is 58.8. The van der Waals surface area contributed by atoms with E-state index in [4.69, 9.17) is 9.84 Å². The molecular formula is C20H22F4N4O3. The molecule has 4 rings (SSSR count). The first-order chi connectivity index (χ1) is 14.8. The highest BCUT2D eigenvalue weighted by molar-refractivity contribution is 5.73. The first-order valence-electron chi connectivity index (χ1n) is 9.94. The molecule has 1 saturated heterocycles. The fourth-order valence-electron chi connectivity index (χ4n) is 4.09. The van der Waals surface area contributed by atoms with E-state index in [2.05, 4.69) is 20.4 Å². The van der Waals surface area contributed by atoms with Crippen LogP contribution < -0.4 is 5.32 Å². The number of aliphatic hydroxyl groups is 1. The molecule has 0 radical (unpaired) electrons. The predicted octanol–water partition coefficient (Wildman–Crippen LogP) is 2.91. The van der Waals surface area contributed by atoms with Crippen molar-refractivity contribution in [3.63, 3.8) is 0 Å². The zero-order chi connectivity index (χ0) is 22.2. The van der Waals surface area contributed by atoms with Crippen LogP contribution in [-0.4, -0.2) is 57.6 Å². The highest BCUT2D eigenvalue weighted by atomic mass is 19.4. The van der Waals surface area contributed by atoms with Crippen LogP contribution in [0.4, 0.5) is 23.4 Å². The molecule has 1 fully saturated rings. The number of halogens is 4. The molecule has 0 bridgehead atoms. The number of hydrogen-bond donors (Lipinski definition) is 3. The number of nitrogens with zero attached hydrogens (tertiary/aromatic N) is 3. The van der Waals surface area contributed by atoms with E-state index in [1.165, 1.54) is 0 Å². The molecule has 2 aliphatic heterocycles. The van der Waals surface area contributed by atoms with E-state index in [1.54, 1.807) is 0 Å². The monoisotopic (exact) mass is 442 g/mol. The first-order valence-corrected chi connectivity index (χ1v) is 9.94. The largest absolute Gasteiger partial charge is 0.507 e. The number of fused-ring (bicyclic) bond motifs is 1. The number of phenolic OH excluding ortho intramolecular Hbond substituents is 1. The van der Waals surface area contributed by atoms with Gasteiger partial charge < -0.3 is 20.3 Å². The molecule has 0 spiro atoms. The summed E-state index contributed by atoms with van der Waals surface area (Å²) in [5.41, 5.74) is -0.625. The lowest BCUT2D eigenvalue weighted by molar-refractivity contribution is -0.137. The molecule has 3 N–H and O–H groups in total. The Kier molecular flexibility index (Phi) is 6.00. The fourth-order valence-corrected chi connectivity index (χ4v) is 4.09. The number of rotatable bonds is 5. The van der Waals surface area contributed by atoms with Gasteiger partial charge in [-0.05, 0) is 31.5 Å². The topological polar surface area (TPSA) is 90.7 Å². The first kappa shape index (κ1) is 21.7. The van der Waals surface area contributed by atoms with Gasteiger partial charge >= 0.3 is 6.18 Å². The zero-order valence-corrected chi connectivity index (χ0v) is 16.5. The smallest absolute Gasteiger partial charge is 0.416 e. The van der Waals surface area contributed by atoms with Gasteiger partial charge in [0.25, 0.3) is 0 Å². The van der Waals surface area contributed by atoms with Crippen molar-refractivity contribution >= 4 is 5.82 Å². The number of piperidine rings is 1. The van der Waals surface area contributed by atoms with Crippen LogP contribution in [0.5, 0.6) is 5.75 Å². The van der Waals surface area contributed by atoms with Crippen molar-refractivity contribution in [1.29, 1.82) is 0 Å². The third-order valence-corrected chi connectivity index (χ3v) is 5.57. The molecule has 168 valence electrons. The van der Waals surface area contributed by atoms with Crippen LogP contribution in [0.1, 0.15) is 29.5 Å². The van der Waals surface area contributed by atoms with Crippen molar-refractivity contribution in [2.75, 3.05) is 31.6 Å². The minimum absolute atomic E-state index is 0.0349. The van der Waals surface area contributed by atoms with E-state index in [1.807, 2.05) is 0 Å². The number of benzene rings is 1. The van der Waals surface area contributed by atoms with Crippen molar-refractivity contribution in [2.45, 2.75) is 38.3 Å². The van der Waals surface area contributed by atoms with Crippen molar-refractivity contribution in [1.82, 2.24) is 15.1 Å². The molecule has 0 aliphatic carbocycles. The lowest BCUT2D eigenvalue weighted by Crippen LogP contribution is -2.43. The van der Waals surface area contributed by atoms with Crippen LogP contribution in [0, 0.1) is 5.82 Å². The van der Waals surface area contributed by atoms with Gasteiger partial charge in [0, 0.05) is 30.3 Å². The van der Waals surface area contributed by atoms with Gasteiger partial charge in [0.05, 0.1) is 30.9 Å². The predicted molar refractivity (Wildman–Crippen MR) is 103 cm³/mol. The number of anilines is 1. The second-order valence-corrected chi connectivity index (χ2v) is 7.70. The third-order valence-electron chi connectivity index (χ3n) is 5.57. The number of hydrogen-bond acceptors (Lipinski definition) is 7. The number of β-amino-alcohol motifs (C(OH)–C–C–N with tert-alkyl or cyclic N) is 1. The van der Waals surface area contributed by atoms with Crippen LogP contribution in [0.3, 0.4) is 0 Å². The lowest BCUT2D eigenvalue weighted by Gasteiger charge is -2.33. The SMILES string of the molecule is OCCN1CCC[C@@H](Nc2nnc(-c3c(O)cc(C(F)(F)F)cc3F)c3c2COC3)C1. The van der Waals surface area contributed by atoms with Crippen LogP contribution in [-0.2, 0) is 24.1 Å². The minimum Gasteiger partial charge on any atom is -0.507 e. The van der Waals surface area contributed by atoms with Gasteiger partial charge in [0.15, 0.2) is 5.82 Å². The minimum atomic E-state index is -4.79. The zero-order valence-electron chi connectivity index (χ0n) is 16.5. The number of likely N-dealkylation sites (tertiary alicyclic amines) is 1. The number of alkyl halides is 3. The summed E-state index contributed by atoms with van der Waals surface area (Å²) >= 11 is 0. The second kappa shape index (κ2) is 8.56. The highest BCUT2D eigenvalue weighted by Gasteiger charge is 2.34. The normalized spacial score (nSPS) is 19.5. The molecule has 1 aromatic carbocycles. The number of aromatic hydroxyl groups is 1. The average Bonchev–Trinajstić information content (AvgIpc) is 3.19. The van der Waals surface area contributed by atoms with Crippen LogP contribution >= 0.6 is 0 Å². The highest BCUT2D eigenvalue weighted by Crippen LogP contribution is 2.41. The van der Waals surface area contributed by atoms with Gasteiger partial charge in [0.1, 0.15) is 17.3 Å². The molecule has 7 nitrogen and oxygen atoms in total. The van der Waals surface area contributed by atoms with Crippen molar-refractivity contribution < 1.29 is 32.5 Å². The van der Waals surface area contributed by atoms with Gasteiger partial charge in [-0.25, -0.2) is 4.39 Å². The van der Waals surface area contributed by atoms with Gasteiger partial charge in [-0.15, -0.1) is 10.2 Å². The van der Waals surface area contributed by atoms with Gasteiger partial charge in [-0.2, -0.15) is 13.2 Å². The summed E-state index contributed by atoms with van der Waals surface area (Å²) in [6.45, 7) is 2.54. The lowest BCUT2D eigenvalue weighted by atomic mass is 10.00. The maximum atomic E-state index is 14.6. The maximum absolute atomic E-state index is 14.6. The molecule has 31 heavy (non-hydrogen) atoms. The summed E-state index contributed by atoms with van der Waals surface area (Å²) in [5.74, 6) is -1.62. The molecule has 0 saturated carbocycles. The van der Waals surface area contributed by atoms with E-state index < -0.39 is 28.9 Å². The third kappa shape index (κ3) is 4.43. The molecular weight excluding hydrogens is 420 g/mol. The Hall–Kier alpha value is -2.50. The van der Waals surface area contributed by atoms with Crippen LogP contribution in [0.15, 0.2) is 12.1 Å². The molecule has 1 aromatic heterocycles. The van der Waals surface area contributed by atoms with E-state index in [-0.39, 0.29) is 31.6 Å². The molecule has 0 amide bonds. The Morgan fingerprint density at radius 3 is 2.68 bits per heavy atom. The quantitative estimate of drug-likeness (QED) is 0.614. The van der Waals surface area contributed by atoms with Gasteiger partial charge in [-0.3, -0.25) is 4.90 Å². The fraction of sp³-hybridized carbons (Fsp3) is 0.500. The van der Waals surface area contributed by atoms with E-state index >= 15 is 0 Å². The number of phenols is 1. The molecule has 2 aliphatic rings. The van der Waals surface area contributed by atoms with E-state index in [9.17, 15) is 22.7 Å². The Bertz CT molecular complexity index is 945. The summed E-state index contributed by atoms with van der Waals surface area (Å²) in [6.07, 6.45) is -2.94. The van der Waals surface area contributed by atoms with Crippen molar-refractivity contribution in [3.8, 4) is 17.0 Å². The van der Waals surface area contributed by atoms with Crippen molar-refractivity contribution in [3.05, 3.63) is 34.6 Å². The standard InChI is InChI=1S/C20H22F4N4O3/c21-15-6-11(20(22,23)24)7-16(30)17(15)18-13-9-31-10-14(13)19(27-26-18)25-12-2-1-3-28(8-12)4-5-29/h6-7,12,29-30H,1-5,8-10H2,(H,25,27)/t12-/m1/s1.